The van der Waals surface area contributed by atoms with Gasteiger partial charge < -0.3 is 17.0 Å². The van der Waals surface area contributed by atoms with Gasteiger partial charge in [0.15, 0.2) is 62.0 Å². The van der Waals surface area contributed by atoms with E-state index in [0.717, 1.165) is 0 Å². The van der Waals surface area contributed by atoms with E-state index in [9.17, 15) is 0 Å². The summed E-state index contributed by atoms with van der Waals surface area (Å²) < 4.78 is -1.14. The summed E-state index contributed by atoms with van der Waals surface area (Å²) in [4.78, 5) is 0. The number of rotatable bonds is 0. The number of halogens is 7. The van der Waals surface area contributed by atoms with E-state index in [1.807, 2.05) is 0 Å². The van der Waals surface area contributed by atoms with Gasteiger partial charge in [0.2, 0.25) is 0 Å². The normalized spacial score (nSPS) is 8.25. The Kier molecular flexibility index (Phi) is 24.0. The standard InChI is InChI=1S/Br4P.Br2.BrH/c1-5(2,3)4;1-2;/h;;1H/q+1;;/p-1. The van der Waals surface area contributed by atoms with Crippen molar-refractivity contribution in [3.63, 3.8) is 0 Å². The fraction of sp³-hybridized carbons (Fsp3) is 0. The molecule has 0 aromatic rings. The number of hydrogen-bond donors (Lipinski definition) is 0. The van der Waals surface area contributed by atoms with Gasteiger partial charge in [-0.2, -0.15) is 0 Å². The molecule has 0 aliphatic carbocycles. The van der Waals surface area contributed by atoms with Crippen molar-refractivity contribution in [2.75, 3.05) is 0 Å². The zero-order valence-corrected chi connectivity index (χ0v) is 15.1. The first-order valence-electron chi connectivity index (χ1n) is 0.819. The molecule has 0 radical (unpaired) electrons. The molecule has 8 heavy (non-hydrogen) atoms. The monoisotopic (exact) mass is 583 g/mol. The van der Waals surface area contributed by atoms with Crippen LogP contribution < -0.4 is 17.0 Å². The Morgan fingerprint density at radius 3 is 0.750 bits per heavy atom. The fourth-order valence-corrected chi connectivity index (χ4v) is 0. The Hall–Kier alpha value is 3.79. The first-order chi connectivity index (χ1) is 3.00. The summed E-state index contributed by atoms with van der Waals surface area (Å²) in [6, 6.07) is 0. The molecule has 0 nitrogen and oxygen atoms in total. The van der Waals surface area contributed by atoms with Gasteiger partial charge in [-0.3, -0.25) is 0 Å². The van der Waals surface area contributed by atoms with Crippen LogP contribution in [0, 0.1) is 0 Å². The molecule has 0 heterocycles. The average Bonchev–Trinajstić information content (AvgIpc) is 1.36. The summed E-state index contributed by atoms with van der Waals surface area (Å²) in [7, 11) is 0. The van der Waals surface area contributed by atoms with E-state index in [1.54, 1.807) is 0 Å². The smallest absolute Gasteiger partial charge is 0.287 e. The molecule has 0 aliphatic rings. The van der Waals surface area contributed by atoms with Gasteiger partial charge in [0.1, 0.15) is 0 Å². The number of hydrogen-bond acceptors (Lipinski definition) is 0. The van der Waals surface area contributed by atoms with Crippen molar-refractivity contribution >= 4 is 92.3 Å². The van der Waals surface area contributed by atoms with Gasteiger partial charge in [-0.25, -0.2) is 0 Å². The molecule has 0 amide bonds. The van der Waals surface area contributed by atoms with Crippen molar-refractivity contribution in [1.29, 1.82) is 0 Å². The average molecular weight is 590 g/mol. The molecule has 0 unspecified atom stereocenters. The zero-order valence-electron chi connectivity index (χ0n) is 3.09. The Labute approximate surface area is 107 Å². The summed E-state index contributed by atoms with van der Waals surface area (Å²) in [6.07, 6.45) is 0. The lowest BCUT2D eigenvalue weighted by Gasteiger charge is -1.77. The molecular formula is Br7P. The molecule has 0 rings (SSSR count). The molecule has 0 spiro atoms. The molecule has 0 N–H and O–H groups in total. The molecule has 0 aromatic carbocycles. The Morgan fingerprint density at radius 2 is 0.750 bits per heavy atom. The van der Waals surface area contributed by atoms with Crippen LogP contribution in [0.3, 0.4) is 0 Å². The van der Waals surface area contributed by atoms with E-state index in [-0.39, 0.29) is 17.0 Å². The second-order valence-electron chi connectivity index (χ2n) is 0.383. The van der Waals surface area contributed by atoms with Crippen LogP contribution in [0.15, 0.2) is 0 Å². The fourth-order valence-electron chi connectivity index (χ4n) is 0. The van der Waals surface area contributed by atoms with E-state index in [1.165, 1.54) is 0 Å². The summed E-state index contributed by atoms with van der Waals surface area (Å²) in [6.45, 7) is 0. The first kappa shape index (κ1) is 17.8. The van der Waals surface area contributed by atoms with E-state index in [2.05, 4.69) is 90.2 Å². The largest absolute Gasteiger partial charge is 1.00 e. The van der Waals surface area contributed by atoms with Gasteiger partial charge in [0, 0.05) is 28.3 Å². The second-order valence-corrected chi connectivity index (χ2v) is 31.0. The molecule has 8 heteroatoms. The molecule has 54 valence electrons. The third kappa shape index (κ3) is 52.7. The molecule has 0 atom stereocenters. The van der Waals surface area contributed by atoms with Crippen LogP contribution in [0.25, 0.3) is 0 Å². The van der Waals surface area contributed by atoms with Crippen molar-refractivity contribution in [1.82, 2.24) is 0 Å². The van der Waals surface area contributed by atoms with Crippen LogP contribution in [0.1, 0.15) is 0 Å². The van der Waals surface area contributed by atoms with Crippen LogP contribution in [-0.4, -0.2) is 0 Å². The predicted molar refractivity (Wildman–Crippen MR) is 60.5 cm³/mol. The van der Waals surface area contributed by atoms with Crippen LogP contribution in [0.5, 0.6) is 0 Å². The van der Waals surface area contributed by atoms with E-state index in [4.69, 9.17) is 0 Å². The minimum absolute atomic E-state index is 0. The lowest BCUT2D eigenvalue weighted by atomic mass is 30.9. The second kappa shape index (κ2) is 10.8. The third-order valence-electron chi connectivity index (χ3n) is 0. The van der Waals surface area contributed by atoms with E-state index >= 15 is 0 Å². The zero-order chi connectivity index (χ0) is 6.50. The van der Waals surface area contributed by atoms with Crippen LogP contribution in [-0.2, 0) is 0 Å². The molecule has 0 bridgehead atoms. The van der Waals surface area contributed by atoms with Gasteiger partial charge in [0.05, 0.1) is 0 Å². The van der Waals surface area contributed by atoms with Crippen molar-refractivity contribution < 1.29 is 17.0 Å². The Morgan fingerprint density at radius 1 is 0.750 bits per heavy atom. The highest BCUT2D eigenvalue weighted by Crippen LogP contribution is 2.85. The van der Waals surface area contributed by atoms with E-state index in [0.29, 0.717) is 0 Å². The van der Waals surface area contributed by atoms with Crippen molar-refractivity contribution in [3.8, 4) is 0 Å². The summed E-state index contributed by atoms with van der Waals surface area (Å²) in [5, 5.41) is 0. The molecule has 0 aromatic heterocycles. The maximum absolute atomic E-state index is 3.24. The first-order valence-corrected chi connectivity index (χ1v) is 14.4. The van der Waals surface area contributed by atoms with Gasteiger partial charge in [-0.05, 0) is 0 Å². The molecule has 0 aliphatic heterocycles. The van der Waals surface area contributed by atoms with Crippen molar-refractivity contribution in [3.05, 3.63) is 0 Å². The highest BCUT2D eigenvalue weighted by molar-refractivity contribution is 10.2. The van der Waals surface area contributed by atoms with Gasteiger partial charge in [-0.1, -0.05) is 0 Å². The van der Waals surface area contributed by atoms with Gasteiger partial charge in [0.25, 0.3) is 2.07 Å². The summed E-state index contributed by atoms with van der Waals surface area (Å²) in [5.41, 5.74) is 0. The molecule has 0 fully saturated rings. The molecule has 0 saturated carbocycles. The highest BCUT2D eigenvalue weighted by Gasteiger charge is 2.23. The predicted octanol–water partition coefficient (Wildman–Crippen LogP) is 2.94. The van der Waals surface area contributed by atoms with Crippen LogP contribution >= 0.6 is 92.3 Å². The topological polar surface area (TPSA) is 0 Å². The maximum Gasteiger partial charge on any atom is 0.287 e. The Bertz CT molecular complexity index is 19.9. The quantitative estimate of drug-likeness (QED) is 0.381. The SMILES string of the molecule is BrBr.Br[P+](Br)(Br)Br.[Br-]. The van der Waals surface area contributed by atoms with Crippen LogP contribution in [0.4, 0.5) is 0 Å². The third-order valence-corrected chi connectivity index (χ3v) is 0. The Balaban J connectivity index is -0.0000000750. The summed E-state index contributed by atoms with van der Waals surface area (Å²) >= 11 is 18.4. The van der Waals surface area contributed by atoms with Crippen LogP contribution in [0.2, 0.25) is 0 Å². The van der Waals surface area contributed by atoms with Crippen molar-refractivity contribution in [2.24, 2.45) is 0 Å². The van der Waals surface area contributed by atoms with Gasteiger partial charge >= 0.3 is 0 Å². The molecule has 0 saturated heterocycles. The maximum atomic E-state index is 3.24. The highest BCUT2D eigenvalue weighted by atomic mass is 80.9. The minimum Gasteiger partial charge on any atom is -1.00 e. The minimum atomic E-state index is -1.14. The lowest BCUT2D eigenvalue weighted by Crippen LogP contribution is -3.00. The molecular weight excluding hydrogens is 590 g/mol. The lowest BCUT2D eigenvalue weighted by molar-refractivity contribution is -0.000000696. The van der Waals surface area contributed by atoms with Gasteiger partial charge in [-0.15, -0.1) is 0 Å². The van der Waals surface area contributed by atoms with Crippen molar-refractivity contribution in [2.45, 2.75) is 0 Å². The van der Waals surface area contributed by atoms with E-state index < -0.39 is 2.07 Å². The summed E-state index contributed by atoms with van der Waals surface area (Å²) in [5.74, 6) is 0.